The van der Waals surface area contributed by atoms with Crippen molar-refractivity contribution < 1.29 is 14.3 Å². The maximum Gasteiger partial charge on any atom is 0.331 e. The number of esters is 1. The van der Waals surface area contributed by atoms with Gasteiger partial charge in [-0.1, -0.05) is 65.5 Å². The Bertz CT molecular complexity index is 1250. The predicted octanol–water partition coefficient (Wildman–Crippen LogP) is 11.5. The van der Waals surface area contributed by atoms with Crippen molar-refractivity contribution in [1.29, 1.82) is 0 Å². The van der Waals surface area contributed by atoms with Crippen molar-refractivity contribution in [3.05, 3.63) is 40.1 Å². The lowest BCUT2D eigenvalue weighted by Crippen LogP contribution is -2.51. The zero-order chi connectivity index (χ0) is 31.1. The Morgan fingerprint density at radius 3 is 2.51 bits per heavy atom. The van der Waals surface area contributed by atoms with Crippen LogP contribution in [-0.2, 0) is 9.53 Å². The molecule has 3 nitrogen and oxygen atoms in total. The molecule has 0 bridgehead atoms. The van der Waals surface area contributed by atoms with Crippen LogP contribution in [0.25, 0.3) is 6.08 Å². The van der Waals surface area contributed by atoms with Crippen LogP contribution < -0.4 is 4.74 Å². The van der Waals surface area contributed by atoms with E-state index in [1.165, 1.54) is 51.4 Å². The fourth-order valence-electron chi connectivity index (χ4n) is 10.0. The average Bonchev–Trinajstić information content (AvgIpc) is 3.30. The second-order valence-electron chi connectivity index (χ2n) is 15.0. The third-order valence-electron chi connectivity index (χ3n) is 12.3. The third kappa shape index (κ3) is 6.92. The lowest BCUT2D eigenvalue weighted by atomic mass is 9.47. The molecule has 3 unspecified atom stereocenters. The van der Waals surface area contributed by atoms with Crippen LogP contribution >= 0.6 is 67.8 Å². The number of carbonyl (C=O) groups excluding carboxylic acids is 1. The molecule has 0 amide bonds. The minimum Gasteiger partial charge on any atom is -0.495 e. The summed E-state index contributed by atoms with van der Waals surface area (Å²) in [6.07, 6.45) is 20.2. The third-order valence-corrected chi connectivity index (χ3v) is 15.1. The number of allylic oxidation sites excluding steroid dienone is 1. The first-order chi connectivity index (χ1) is 20.4. The van der Waals surface area contributed by atoms with E-state index in [0.717, 1.165) is 76.8 Å². The zero-order valence-corrected chi connectivity index (χ0v) is 33.5. The highest BCUT2D eigenvalue weighted by molar-refractivity contribution is 14.1. The van der Waals surface area contributed by atoms with E-state index in [2.05, 4.69) is 115 Å². The maximum atomic E-state index is 13.0. The molecule has 4 aliphatic rings. The number of fused-ring (bicyclic) bond motifs is 5. The summed E-state index contributed by atoms with van der Waals surface area (Å²) in [5.41, 5.74) is 3.38. The van der Waals surface area contributed by atoms with Gasteiger partial charge < -0.3 is 9.47 Å². The molecule has 0 aromatic heterocycles. The van der Waals surface area contributed by atoms with Crippen LogP contribution in [0.15, 0.2) is 23.8 Å². The molecule has 0 saturated heterocycles. The predicted molar refractivity (Wildman–Crippen MR) is 203 cm³/mol. The van der Waals surface area contributed by atoms with Gasteiger partial charge in [0.15, 0.2) is 0 Å². The van der Waals surface area contributed by atoms with Gasteiger partial charge in [-0.15, -0.1) is 0 Å². The van der Waals surface area contributed by atoms with E-state index in [4.69, 9.17) is 9.47 Å². The highest BCUT2D eigenvalue weighted by atomic mass is 127. The first-order valence-corrected chi connectivity index (χ1v) is 19.9. The van der Waals surface area contributed by atoms with Gasteiger partial charge in [0.25, 0.3) is 0 Å². The minimum atomic E-state index is -0.236. The Morgan fingerprint density at radius 1 is 1.02 bits per heavy atom. The van der Waals surface area contributed by atoms with Gasteiger partial charge in [0.2, 0.25) is 0 Å². The fourth-order valence-corrected chi connectivity index (χ4v) is 14.2. The SMILES string of the molecule is COc1c(I)cc(I)c(/C=C/C(=O)O[C@H]2CC[C@@]3(C)C(=CCC4C3CC[C@@]3(C)C4CC[C@@H]3[C@H](C)CCCC(C)C)C2)c1I. The van der Waals surface area contributed by atoms with E-state index in [1.807, 2.05) is 6.08 Å². The number of carbonyl (C=O) groups is 1. The van der Waals surface area contributed by atoms with Crippen LogP contribution in [0.1, 0.15) is 111 Å². The van der Waals surface area contributed by atoms with Crippen molar-refractivity contribution in [2.45, 2.75) is 111 Å². The van der Waals surface area contributed by atoms with E-state index in [-0.39, 0.29) is 17.5 Å². The lowest BCUT2D eigenvalue weighted by Gasteiger charge is -2.58. The van der Waals surface area contributed by atoms with E-state index >= 15 is 0 Å². The van der Waals surface area contributed by atoms with Crippen molar-refractivity contribution in [1.82, 2.24) is 0 Å². The second-order valence-corrected chi connectivity index (χ2v) is 18.4. The molecule has 3 saturated carbocycles. The van der Waals surface area contributed by atoms with Gasteiger partial charge in [0.1, 0.15) is 11.9 Å². The summed E-state index contributed by atoms with van der Waals surface area (Å²) in [6, 6.07) is 2.09. The Morgan fingerprint density at radius 2 is 1.79 bits per heavy atom. The van der Waals surface area contributed by atoms with Gasteiger partial charge >= 0.3 is 5.97 Å². The maximum absolute atomic E-state index is 13.0. The van der Waals surface area contributed by atoms with Crippen LogP contribution in [0.3, 0.4) is 0 Å². The number of hydrogen-bond donors (Lipinski definition) is 0. The van der Waals surface area contributed by atoms with E-state index in [9.17, 15) is 4.79 Å². The van der Waals surface area contributed by atoms with Gasteiger partial charge in [0.05, 0.1) is 14.3 Å². The lowest BCUT2D eigenvalue weighted by molar-refractivity contribution is -0.145. The van der Waals surface area contributed by atoms with Gasteiger partial charge in [0, 0.05) is 21.6 Å². The fraction of sp³-hybridized carbons (Fsp3) is 0.703. The number of ether oxygens (including phenoxy) is 2. The Labute approximate surface area is 302 Å². The van der Waals surface area contributed by atoms with Crippen molar-refractivity contribution >= 4 is 79.8 Å². The first kappa shape index (κ1) is 34.5. The topological polar surface area (TPSA) is 35.5 Å². The number of rotatable bonds is 9. The average molecular weight is 925 g/mol. The Hall–Kier alpha value is 0.160. The Kier molecular flexibility index (Phi) is 11.3. The van der Waals surface area contributed by atoms with Gasteiger partial charge in [-0.3, -0.25) is 0 Å². The zero-order valence-electron chi connectivity index (χ0n) is 27.0. The second kappa shape index (κ2) is 14.1. The number of methoxy groups -OCH3 is 1. The molecular formula is C37H51I3O3. The molecule has 238 valence electrons. The summed E-state index contributed by atoms with van der Waals surface area (Å²) in [5.74, 6) is 5.70. The normalized spacial score (nSPS) is 34.4. The summed E-state index contributed by atoms with van der Waals surface area (Å²) in [5, 5.41) is 0. The molecule has 0 spiro atoms. The van der Waals surface area contributed by atoms with Crippen LogP contribution in [0, 0.1) is 57.0 Å². The molecule has 0 aliphatic heterocycles. The molecule has 0 radical (unpaired) electrons. The molecule has 4 aliphatic carbocycles. The quantitative estimate of drug-likeness (QED) is 0.107. The van der Waals surface area contributed by atoms with Crippen molar-refractivity contribution in [2.75, 3.05) is 7.11 Å². The summed E-state index contributed by atoms with van der Waals surface area (Å²) >= 11 is 6.93. The number of halogens is 3. The molecular weight excluding hydrogens is 873 g/mol. The minimum absolute atomic E-state index is 0.0196. The van der Waals surface area contributed by atoms with Crippen LogP contribution in [-0.4, -0.2) is 19.2 Å². The van der Waals surface area contributed by atoms with E-state index in [1.54, 1.807) is 18.8 Å². The van der Waals surface area contributed by atoms with Crippen molar-refractivity contribution in [2.24, 2.45) is 46.3 Å². The van der Waals surface area contributed by atoms with E-state index in [0.29, 0.717) is 5.41 Å². The smallest absolute Gasteiger partial charge is 0.331 e. The largest absolute Gasteiger partial charge is 0.495 e. The van der Waals surface area contributed by atoms with Crippen molar-refractivity contribution in [3.8, 4) is 5.75 Å². The summed E-state index contributed by atoms with van der Waals surface area (Å²) < 4.78 is 14.9. The van der Waals surface area contributed by atoms with Crippen LogP contribution in [0.2, 0.25) is 0 Å². The monoisotopic (exact) mass is 924 g/mol. The molecule has 6 heteroatoms. The molecule has 43 heavy (non-hydrogen) atoms. The molecule has 8 atom stereocenters. The molecule has 1 aromatic carbocycles. The number of hydrogen-bond acceptors (Lipinski definition) is 3. The van der Waals surface area contributed by atoms with Crippen LogP contribution in [0.4, 0.5) is 0 Å². The summed E-state index contributed by atoms with van der Waals surface area (Å²) in [4.78, 5) is 13.0. The molecule has 0 heterocycles. The van der Waals surface area contributed by atoms with Crippen LogP contribution in [0.5, 0.6) is 5.75 Å². The highest BCUT2D eigenvalue weighted by Crippen LogP contribution is 2.67. The first-order valence-electron chi connectivity index (χ1n) is 16.7. The Balaban J connectivity index is 1.22. The van der Waals surface area contributed by atoms with Gasteiger partial charge in [-0.25, -0.2) is 4.79 Å². The molecule has 5 rings (SSSR count). The standard InChI is InChI=1S/C37H51I3O3/c1-22(2)8-7-9-23(3)28-13-14-29-26-11-10-24-20-25(16-18-36(24,4)30(26)17-19-37(28,29)5)43-33(41)15-12-27-31(38)21-32(39)35(42-6)34(27)40/h10,12,15,21-23,25-26,28-30H,7-9,11,13-14,16-20H2,1-6H3/b15-12+/t23-,25+,26?,28-,29?,30?,36+,37-/m1/s1. The number of benzene rings is 1. The molecule has 0 N–H and O–H groups in total. The van der Waals surface area contributed by atoms with Crippen molar-refractivity contribution in [3.63, 3.8) is 0 Å². The van der Waals surface area contributed by atoms with E-state index < -0.39 is 0 Å². The molecule has 3 fully saturated rings. The van der Waals surface area contributed by atoms with Gasteiger partial charge in [-0.05, 0) is 171 Å². The van der Waals surface area contributed by atoms with Gasteiger partial charge in [-0.2, -0.15) is 0 Å². The molecule has 1 aromatic rings. The summed E-state index contributed by atoms with van der Waals surface area (Å²) in [6.45, 7) is 12.5. The summed E-state index contributed by atoms with van der Waals surface area (Å²) in [7, 11) is 1.69. The highest BCUT2D eigenvalue weighted by Gasteiger charge is 2.59.